The van der Waals surface area contributed by atoms with Crippen molar-refractivity contribution in [1.29, 1.82) is 0 Å². The zero-order chi connectivity index (χ0) is 12.8. The smallest absolute Gasteiger partial charge is 0.0454 e. The predicted molar refractivity (Wildman–Crippen MR) is 77.8 cm³/mol. The topological polar surface area (TPSA) is 31.1 Å². The summed E-state index contributed by atoms with van der Waals surface area (Å²) in [5.41, 5.74) is 2.59. The van der Waals surface area contributed by atoms with Gasteiger partial charge >= 0.3 is 0 Å². The number of likely N-dealkylation sites (N-methyl/N-ethyl adjacent to an activating group) is 1. The molecule has 2 aromatic rings. The monoisotopic (exact) mass is 245 g/mol. The van der Waals surface area contributed by atoms with Gasteiger partial charge in [-0.1, -0.05) is 13.0 Å². The van der Waals surface area contributed by atoms with E-state index in [0.29, 0.717) is 0 Å². The highest BCUT2D eigenvalue weighted by molar-refractivity contribution is 5.79. The van der Waals surface area contributed by atoms with Crippen LogP contribution in [0.2, 0.25) is 0 Å². The van der Waals surface area contributed by atoms with Crippen molar-refractivity contribution in [3.05, 3.63) is 36.0 Å². The molecule has 0 unspecified atom stereocenters. The Labute approximate surface area is 109 Å². The Balaban J connectivity index is 1.84. The zero-order valence-corrected chi connectivity index (χ0v) is 11.4. The van der Waals surface area contributed by atoms with Gasteiger partial charge in [0.25, 0.3) is 0 Å². The number of nitrogens with zero attached hydrogens (tertiary/aromatic N) is 1. The van der Waals surface area contributed by atoms with E-state index in [0.717, 1.165) is 26.2 Å². The summed E-state index contributed by atoms with van der Waals surface area (Å²) in [4.78, 5) is 5.58. The van der Waals surface area contributed by atoms with E-state index < -0.39 is 0 Å². The summed E-state index contributed by atoms with van der Waals surface area (Å²) in [7, 11) is 2.18. The van der Waals surface area contributed by atoms with Crippen LogP contribution in [0.4, 0.5) is 0 Å². The molecule has 3 heteroatoms. The first-order valence-corrected chi connectivity index (χ1v) is 6.75. The molecule has 0 aliphatic heterocycles. The largest absolute Gasteiger partial charge is 0.361 e. The Kier molecular flexibility index (Phi) is 4.79. The van der Waals surface area contributed by atoms with Gasteiger partial charge in [-0.25, -0.2) is 0 Å². The van der Waals surface area contributed by atoms with Crippen LogP contribution in [0.15, 0.2) is 30.5 Å². The van der Waals surface area contributed by atoms with Gasteiger partial charge in [-0.2, -0.15) is 0 Å². The van der Waals surface area contributed by atoms with Gasteiger partial charge in [0.2, 0.25) is 0 Å². The van der Waals surface area contributed by atoms with Gasteiger partial charge < -0.3 is 15.2 Å². The normalized spacial score (nSPS) is 11.5. The van der Waals surface area contributed by atoms with Crippen LogP contribution in [-0.2, 0) is 6.54 Å². The number of rotatable bonds is 7. The zero-order valence-electron chi connectivity index (χ0n) is 11.4. The molecular weight excluding hydrogens is 222 g/mol. The second-order valence-corrected chi connectivity index (χ2v) is 4.89. The lowest BCUT2D eigenvalue weighted by molar-refractivity contribution is 0.325. The van der Waals surface area contributed by atoms with E-state index >= 15 is 0 Å². The van der Waals surface area contributed by atoms with Crippen LogP contribution < -0.4 is 5.32 Å². The van der Waals surface area contributed by atoms with E-state index in [9.17, 15) is 0 Å². The SMILES string of the molecule is CCCNCCN(C)Cc1ccc2[nH]ccc2c1. The molecule has 1 aromatic carbocycles. The minimum atomic E-state index is 1.01. The van der Waals surface area contributed by atoms with Crippen molar-refractivity contribution in [3.63, 3.8) is 0 Å². The molecule has 0 saturated carbocycles. The lowest BCUT2D eigenvalue weighted by Gasteiger charge is -2.17. The molecule has 2 rings (SSSR count). The summed E-state index contributed by atoms with van der Waals surface area (Å²) < 4.78 is 0. The summed E-state index contributed by atoms with van der Waals surface area (Å²) in [5, 5.41) is 4.73. The standard InChI is InChI=1S/C15H23N3/c1-3-7-16-9-10-18(2)12-13-4-5-15-14(11-13)6-8-17-15/h4-6,8,11,16-17H,3,7,9-10,12H2,1-2H3. The third-order valence-corrected chi connectivity index (χ3v) is 3.17. The number of hydrogen-bond acceptors (Lipinski definition) is 2. The lowest BCUT2D eigenvalue weighted by Crippen LogP contribution is -2.29. The molecule has 0 spiro atoms. The summed E-state index contributed by atoms with van der Waals surface area (Å²) in [5.74, 6) is 0. The highest BCUT2D eigenvalue weighted by Gasteiger charge is 2.01. The summed E-state index contributed by atoms with van der Waals surface area (Å²) in [6, 6.07) is 8.76. The number of aromatic nitrogens is 1. The van der Waals surface area contributed by atoms with Crippen molar-refractivity contribution in [2.24, 2.45) is 0 Å². The Morgan fingerprint density at radius 1 is 1.22 bits per heavy atom. The fraction of sp³-hybridized carbons (Fsp3) is 0.467. The van der Waals surface area contributed by atoms with Crippen LogP contribution in [0.25, 0.3) is 10.9 Å². The second-order valence-electron chi connectivity index (χ2n) is 4.89. The van der Waals surface area contributed by atoms with Crippen LogP contribution in [-0.4, -0.2) is 36.6 Å². The molecule has 0 atom stereocenters. The number of benzene rings is 1. The minimum Gasteiger partial charge on any atom is -0.361 e. The fourth-order valence-corrected chi connectivity index (χ4v) is 2.16. The highest BCUT2D eigenvalue weighted by atomic mass is 15.1. The van der Waals surface area contributed by atoms with Crippen molar-refractivity contribution >= 4 is 10.9 Å². The molecule has 0 radical (unpaired) electrons. The molecule has 0 amide bonds. The average molecular weight is 245 g/mol. The van der Waals surface area contributed by atoms with Gasteiger partial charge in [-0.3, -0.25) is 0 Å². The molecule has 0 aliphatic rings. The van der Waals surface area contributed by atoms with Crippen LogP contribution in [0.5, 0.6) is 0 Å². The molecule has 98 valence electrons. The lowest BCUT2D eigenvalue weighted by atomic mass is 10.1. The number of hydrogen-bond donors (Lipinski definition) is 2. The van der Waals surface area contributed by atoms with Gasteiger partial charge in [0.15, 0.2) is 0 Å². The first-order chi connectivity index (χ1) is 8.79. The third kappa shape index (κ3) is 3.59. The fourth-order valence-electron chi connectivity index (χ4n) is 2.16. The van der Waals surface area contributed by atoms with Crippen molar-refractivity contribution in [2.45, 2.75) is 19.9 Å². The van der Waals surface area contributed by atoms with Gasteiger partial charge in [0.1, 0.15) is 0 Å². The first-order valence-electron chi connectivity index (χ1n) is 6.75. The van der Waals surface area contributed by atoms with Crippen LogP contribution in [0.3, 0.4) is 0 Å². The number of aromatic amines is 1. The Bertz CT molecular complexity index is 475. The molecule has 0 aliphatic carbocycles. The van der Waals surface area contributed by atoms with Gasteiger partial charge in [0, 0.05) is 31.3 Å². The van der Waals surface area contributed by atoms with Crippen molar-refractivity contribution < 1.29 is 0 Å². The van der Waals surface area contributed by atoms with Crippen molar-refractivity contribution in [2.75, 3.05) is 26.7 Å². The first kappa shape index (κ1) is 13.1. The maximum absolute atomic E-state index is 3.43. The number of nitrogens with one attached hydrogen (secondary N) is 2. The molecule has 1 heterocycles. The molecule has 18 heavy (non-hydrogen) atoms. The predicted octanol–water partition coefficient (Wildman–Crippen LogP) is 2.60. The van der Waals surface area contributed by atoms with Crippen LogP contribution in [0.1, 0.15) is 18.9 Å². The summed E-state index contributed by atoms with van der Waals surface area (Å²) in [6.45, 7) is 6.47. The summed E-state index contributed by atoms with van der Waals surface area (Å²) >= 11 is 0. The maximum Gasteiger partial charge on any atom is 0.0454 e. The van der Waals surface area contributed by atoms with Crippen molar-refractivity contribution in [1.82, 2.24) is 15.2 Å². The molecule has 2 N–H and O–H groups in total. The molecule has 0 fully saturated rings. The Hall–Kier alpha value is -1.32. The molecule has 0 bridgehead atoms. The quantitative estimate of drug-likeness (QED) is 0.735. The van der Waals surface area contributed by atoms with E-state index in [4.69, 9.17) is 0 Å². The highest BCUT2D eigenvalue weighted by Crippen LogP contribution is 2.15. The van der Waals surface area contributed by atoms with E-state index in [2.05, 4.69) is 53.4 Å². The van der Waals surface area contributed by atoms with Crippen LogP contribution in [0, 0.1) is 0 Å². The van der Waals surface area contributed by atoms with E-state index in [1.165, 1.54) is 22.9 Å². The molecule has 1 aromatic heterocycles. The molecule has 3 nitrogen and oxygen atoms in total. The maximum atomic E-state index is 3.43. The second kappa shape index (κ2) is 6.57. The Morgan fingerprint density at radius 3 is 2.94 bits per heavy atom. The van der Waals surface area contributed by atoms with Crippen LogP contribution >= 0.6 is 0 Å². The number of fused-ring (bicyclic) bond motifs is 1. The summed E-state index contributed by atoms with van der Waals surface area (Å²) in [6.07, 6.45) is 3.20. The van der Waals surface area contributed by atoms with Gasteiger partial charge in [0.05, 0.1) is 0 Å². The minimum absolute atomic E-state index is 1.01. The number of H-pyrrole nitrogens is 1. The van der Waals surface area contributed by atoms with E-state index in [-0.39, 0.29) is 0 Å². The average Bonchev–Trinajstić information content (AvgIpc) is 2.82. The van der Waals surface area contributed by atoms with Crippen molar-refractivity contribution in [3.8, 4) is 0 Å². The van der Waals surface area contributed by atoms with Gasteiger partial charge in [-0.05, 0) is 49.2 Å². The molecule has 0 saturated heterocycles. The van der Waals surface area contributed by atoms with E-state index in [1.807, 2.05) is 6.20 Å². The van der Waals surface area contributed by atoms with E-state index in [1.54, 1.807) is 0 Å². The third-order valence-electron chi connectivity index (χ3n) is 3.17. The Morgan fingerprint density at radius 2 is 2.11 bits per heavy atom. The van der Waals surface area contributed by atoms with Gasteiger partial charge in [-0.15, -0.1) is 0 Å². The molecular formula is C15H23N3.